The van der Waals surface area contributed by atoms with Gasteiger partial charge in [0.2, 0.25) is 0 Å². The van der Waals surface area contributed by atoms with Crippen LogP contribution in [0.25, 0.3) is 0 Å². The van der Waals surface area contributed by atoms with Crippen molar-refractivity contribution < 1.29 is 9.47 Å². The molecule has 1 aliphatic rings. The minimum Gasteiger partial charge on any atom is -0.489 e. The van der Waals surface area contributed by atoms with E-state index in [4.69, 9.17) is 44.3 Å². The summed E-state index contributed by atoms with van der Waals surface area (Å²) >= 11 is 18.0. The van der Waals surface area contributed by atoms with Gasteiger partial charge in [-0.05, 0) is 12.1 Å². The Bertz CT molecular complexity index is 554. The maximum Gasteiger partial charge on any atom is 0.191 e. The molecule has 0 aliphatic carbocycles. The standard InChI is InChI=1S/C15H20Cl3N3O2/c1-15(8-22-9-15)7-21-14(19-2)20-3-4-23-13-11(17)5-10(16)6-12(13)18/h5-6H,3-4,7-9H2,1-2H3,(H2,19,20,21). The van der Waals surface area contributed by atoms with E-state index in [0.29, 0.717) is 34.0 Å². The first-order chi connectivity index (χ1) is 10.9. The minimum atomic E-state index is 0.179. The van der Waals surface area contributed by atoms with E-state index in [-0.39, 0.29) is 5.41 Å². The fraction of sp³-hybridized carbons (Fsp3) is 0.533. The van der Waals surface area contributed by atoms with E-state index in [2.05, 4.69) is 22.5 Å². The molecule has 0 aromatic heterocycles. The van der Waals surface area contributed by atoms with E-state index in [1.807, 2.05) is 0 Å². The van der Waals surface area contributed by atoms with Gasteiger partial charge in [-0.15, -0.1) is 0 Å². The van der Waals surface area contributed by atoms with Crippen molar-refractivity contribution in [1.29, 1.82) is 0 Å². The number of guanidine groups is 1. The Hall–Kier alpha value is -0.880. The van der Waals surface area contributed by atoms with Crippen LogP contribution in [0.2, 0.25) is 15.1 Å². The third kappa shape index (κ3) is 5.31. The molecule has 1 heterocycles. The van der Waals surface area contributed by atoms with Crippen LogP contribution in [0.4, 0.5) is 0 Å². The average molecular weight is 381 g/mol. The van der Waals surface area contributed by atoms with Gasteiger partial charge in [0.1, 0.15) is 6.61 Å². The highest BCUT2D eigenvalue weighted by atomic mass is 35.5. The molecule has 128 valence electrons. The van der Waals surface area contributed by atoms with Gasteiger partial charge in [0.25, 0.3) is 0 Å². The quantitative estimate of drug-likeness (QED) is 0.452. The first-order valence-corrected chi connectivity index (χ1v) is 8.36. The fourth-order valence-electron chi connectivity index (χ4n) is 2.06. The van der Waals surface area contributed by atoms with Crippen LogP contribution >= 0.6 is 34.8 Å². The second kappa shape index (κ2) is 8.29. The highest BCUT2D eigenvalue weighted by molar-refractivity contribution is 6.40. The summed E-state index contributed by atoms with van der Waals surface area (Å²) in [5.74, 6) is 1.15. The number of ether oxygens (including phenoxy) is 2. The molecule has 23 heavy (non-hydrogen) atoms. The number of aliphatic imine (C=N–C) groups is 1. The van der Waals surface area contributed by atoms with Crippen LogP contribution in [0, 0.1) is 5.41 Å². The zero-order chi connectivity index (χ0) is 16.9. The zero-order valence-electron chi connectivity index (χ0n) is 13.1. The molecule has 0 saturated carbocycles. The molecule has 0 spiro atoms. The first kappa shape index (κ1) is 18.5. The Morgan fingerprint density at radius 3 is 2.43 bits per heavy atom. The molecule has 8 heteroatoms. The topological polar surface area (TPSA) is 54.9 Å². The maximum absolute atomic E-state index is 6.06. The lowest BCUT2D eigenvalue weighted by molar-refractivity contribution is -0.0971. The van der Waals surface area contributed by atoms with Crippen molar-refractivity contribution in [1.82, 2.24) is 10.6 Å². The number of hydrogen-bond donors (Lipinski definition) is 2. The number of benzene rings is 1. The molecule has 0 atom stereocenters. The number of nitrogens with zero attached hydrogens (tertiary/aromatic N) is 1. The Morgan fingerprint density at radius 1 is 1.26 bits per heavy atom. The monoisotopic (exact) mass is 379 g/mol. The highest BCUT2D eigenvalue weighted by Gasteiger charge is 2.33. The van der Waals surface area contributed by atoms with Gasteiger partial charge >= 0.3 is 0 Å². The molecule has 0 unspecified atom stereocenters. The SMILES string of the molecule is CN=C(NCCOc1c(Cl)cc(Cl)cc1Cl)NCC1(C)COC1. The summed E-state index contributed by atoms with van der Waals surface area (Å²) in [6.07, 6.45) is 0. The molecule has 1 aliphatic heterocycles. The second-order valence-electron chi connectivity index (χ2n) is 5.70. The number of hydrogen-bond acceptors (Lipinski definition) is 3. The predicted molar refractivity (Wildman–Crippen MR) is 95.3 cm³/mol. The van der Waals surface area contributed by atoms with Crippen LogP contribution in [0.15, 0.2) is 17.1 Å². The Kier molecular flexibility index (Phi) is 6.65. The predicted octanol–water partition coefficient (Wildman–Crippen LogP) is 3.23. The largest absolute Gasteiger partial charge is 0.489 e. The molecule has 2 N–H and O–H groups in total. The molecular weight excluding hydrogens is 361 g/mol. The van der Waals surface area contributed by atoms with Crippen LogP contribution in [-0.4, -0.2) is 45.9 Å². The molecular formula is C15H20Cl3N3O2. The van der Waals surface area contributed by atoms with Crippen molar-refractivity contribution in [3.8, 4) is 5.75 Å². The zero-order valence-corrected chi connectivity index (χ0v) is 15.4. The molecule has 1 aromatic carbocycles. The smallest absolute Gasteiger partial charge is 0.191 e. The molecule has 1 saturated heterocycles. The third-order valence-electron chi connectivity index (χ3n) is 3.41. The van der Waals surface area contributed by atoms with Gasteiger partial charge in [-0.1, -0.05) is 41.7 Å². The van der Waals surface area contributed by atoms with E-state index < -0.39 is 0 Å². The van der Waals surface area contributed by atoms with Crippen LogP contribution in [0.3, 0.4) is 0 Å². The van der Waals surface area contributed by atoms with Crippen LogP contribution in [0.5, 0.6) is 5.75 Å². The molecule has 5 nitrogen and oxygen atoms in total. The summed E-state index contributed by atoms with van der Waals surface area (Å²) in [5, 5.41) is 7.70. The maximum atomic E-state index is 6.06. The first-order valence-electron chi connectivity index (χ1n) is 7.23. The second-order valence-corrected chi connectivity index (χ2v) is 6.95. The fourth-order valence-corrected chi connectivity index (χ4v) is 2.99. The Morgan fingerprint density at radius 2 is 1.91 bits per heavy atom. The van der Waals surface area contributed by atoms with Crippen molar-refractivity contribution in [2.75, 3.05) is 40.0 Å². The average Bonchev–Trinajstić information content (AvgIpc) is 2.46. The van der Waals surface area contributed by atoms with Crippen LogP contribution in [0.1, 0.15) is 6.92 Å². The van der Waals surface area contributed by atoms with Gasteiger partial charge in [0.05, 0.1) is 29.8 Å². The summed E-state index contributed by atoms with van der Waals surface area (Å²) in [4.78, 5) is 4.17. The van der Waals surface area contributed by atoms with Gasteiger partial charge in [-0.3, -0.25) is 4.99 Å². The Balaban J connectivity index is 1.73. The summed E-state index contributed by atoms with van der Waals surface area (Å²) in [6.45, 7) is 5.47. The van der Waals surface area contributed by atoms with Gasteiger partial charge in [0, 0.05) is 24.0 Å². The summed E-state index contributed by atoms with van der Waals surface area (Å²) in [7, 11) is 1.72. The molecule has 1 fully saturated rings. The van der Waals surface area contributed by atoms with E-state index in [1.54, 1.807) is 19.2 Å². The lowest BCUT2D eigenvalue weighted by Gasteiger charge is -2.38. The molecule has 2 rings (SSSR count). The summed E-state index contributed by atoms with van der Waals surface area (Å²) in [5.41, 5.74) is 0.179. The van der Waals surface area contributed by atoms with Crippen molar-refractivity contribution in [2.24, 2.45) is 10.4 Å². The van der Waals surface area contributed by atoms with Gasteiger partial charge < -0.3 is 20.1 Å². The molecule has 0 bridgehead atoms. The van der Waals surface area contributed by atoms with E-state index in [9.17, 15) is 0 Å². The molecule has 0 radical (unpaired) electrons. The van der Waals surface area contributed by atoms with Gasteiger partial charge in [-0.2, -0.15) is 0 Å². The van der Waals surface area contributed by atoms with E-state index in [1.165, 1.54) is 0 Å². The Labute approximate surface area is 151 Å². The number of rotatable bonds is 6. The van der Waals surface area contributed by atoms with Crippen molar-refractivity contribution >= 4 is 40.8 Å². The van der Waals surface area contributed by atoms with Crippen LogP contribution < -0.4 is 15.4 Å². The lowest BCUT2D eigenvalue weighted by atomic mass is 9.89. The summed E-state index contributed by atoms with van der Waals surface area (Å²) in [6, 6.07) is 3.19. The van der Waals surface area contributed by atoms with E-state index >= 15 is 0 Å². The van der Waals surface area contributed by atoms with E-state index in [0.717, 1.165) is 25.7 Å². The van der Waals surface area contributed by atoms with Gasteiger partial charge in [-0.25, -0.2) is 0 Å². The third-order valence-corrected chi connectivity index (χ3v) is 4.19. The lowest BCUT2D eigenvalue weighted by Crippen LogP contribution is -2.51. The number of nitrogens with one attached hydrogen (secondary N) is 2. The van der Waals surface area contributed by atoms with Crippen molar-refractivity contribution in [2.45, 2.75) is 6.92 Å². The normalized spacial score (nSPS) is 16.7. The molecule has 1 aromatic rings. The molecule has 0 amide bonds. The number of halogens is 3. The van der Waals surface area contributed by atoms with Crippen molar-refractivity contribution in [3.63, 3.8) is 0 Å². The minimum absolute atomic E-state index is 0.179. The van der Waals surface area contributed by atoms with Gasteiger partial charge in [0.15, 0.2) is 11.7 Å². The van der Waals surface area contributed by atoms with Crippen LogP contribution in [-0.2, 0) is 4.74 Å². The summed E-state index contributed by atoms with van der Waals surface area (Å²) < 4.78 is 10.8. The van der Waals surface area contributed by atoms with Crippen molar-refractivity contribution in [3.05, 3.63) is 27.2 Å². The highest BCUT2D eigenvalue weighted by Crippen LogP contribution is 2.35.